The summed E-state index contributed by atoms with van der Waals surface area (Å²) in [6, 6.07) is 10.4. The summed E-state index contributed by atoms with van der Waals surface area (Å²) in [6.45, 7) is 4.51. The van der Waals surface area contributed by atoms with Gasteiger partial charge in [-0.3, -0.25) is 0 Å². The van der Waals surface area contributed by atoms with Gasteiger partial charge < -0.3 is 0 Å². The van der Waals surface area contributed by atoms with Crippen molar-refractivity contribution in [1.82, 2.24) is 0 Å². The Morgan fingerprint density at radius 1 is 0.625 bits per heavy atom. The van der Waals surface area contributed by atoms with Crippen LogP contribution in [0.3, 0.4) is 0 Å². The Labute approximate surface area is 153 Å². The number of rotatable bonds is 15. The Bertz CT molecular complexity index is 421. The first-order valence-electron chi connectivity index (χ1n) is 10.4. The first-order valence-corrected chi connectivity index (χ1v) is 14.7. The van der Waals surface area contributed by atoms with Crippen molar-refractivity contribution in [3.8, 4) is 0 Å². The molecule has 0 heterocycles. The van der Waals surface area contributed by atoms with Gasteiger partial charge in [0.2, 0.25) is 0 Å². The molecule has 0 saturated carbocycles. The molecular formula is C22H39AsO. The minimum atomic E-state index is -2.90. The van der Waals surface area contributed by atoms with Crippen molar-refractivity contribution >= 4 is 17.8 Å². The van der Waals surface area contributed by atoms with Crippen LogP contribution in [0.15, 0.2) is 30.3 Å². The normalized spacial score (nSPS) is 11.8. The Morgan fingerprint density at radius 2 is 1.04 bits per heavy atom. The fraction of sp³-hybridized carbons (Fsp3) is 0.727. The van der Waals surface area contributed by atoms with Gasteiger partial charge in [-0.15, -0.1) is 0 Å². The predicted octanol–water partition coefficient (Wildman–Crippen LogP) is 6.99. The third-order valence-corrected chi connectivity index (χ3v) is 11.9. The van der Waals surface area contributed by atoms with Gasteiger partial charge in [-0.25, -0.2) is 0 Å². The van der Waals surface area contributed by atoms with Crippen LogP contribution < -0.4 is 4.35 Å². The Hall–Kier alpha value is -0.422. The molecule has 0 unspecified atom stereocenters. The number of benzene rings is 1. The summed E-state index contributed by atoms with van der Waals surface area (Å²) in [5.41, 5.74) is 0. The molecule has 1 aromatic carbocycles. The van der Waals surface area contributed by atoms with Gasteiger partial charge in [0.25, 0.3) is 0 Å². The molecule has 0 N–H and O–H groups in total. The van der Waals surface area contributed by atoms with Crippen LogP contribution >= 0.6 is 0 Å². The van der Waals surface area contributed by atoms with Gasteiger partial charge in [0.15, 0.2) is 0 Å². The third kappa shape index (κ3) is 9.16. The first-order chi connectivity index (χ1) is 11.7. The molecule has 1 rings (SSSR count). The summed E-state index contributed by atoms with van der Waals surface area (Å²) in [4.78, 5) is 0. The Kier molecular flexibility index (Phi) is 12.5. The van der Waals surface area contributed by atoms with E-state index < -0.39 is 13.5 Å². The Morgan fingerprint density at radius 3 is 1.50 bits per heavy atom. The fourth-order valence-electron chi connectivity index (χ4n) is 3.36. The van der Waals surface area contributed by atoms with E-state index >= 15 is 0 Å². The van der Waals surface area contributed by atoms with Crippen molar-refractivity contribution in [1.29, 1.82) is 0 Å². The van der Waals surface area contributed by atoms with E-state index in [0.29, 0.717) is 0 Å². The SMILES string of the molecule is CCCCCCCC[As](=O)(CCCCCCCC)c1ccccc1. The van der Waals surface area contributed by atoms with Crippen molar-refractivity contribution in [3.05, 3.63) is 30.3 Å². The summed E-state index contributed by atoms with van der Waals surface area (Å²) >= 11 is -2.90. The van der Waals surface area contributed by atoms with E-state index in [-0.39, 0.29) is 0 Å². The van der Waals surface area contributed by atoms with Gasteiger partial charge >= 0.3 is 153 Å². The maximum absolute atomic E-state index is 13.7. The van der Waals surface area contributed by atoms with Crippen LogP contribution in [0.4, 0.5) is 0 Å². The molecule has 0 atom stereocenters. The number of unbranched alkanes of at least 4 members (excludes halogenated alkanes) is 10. The quantitative estimate of drug-likeness (QED) is 0.231. The molecule has 0 radical (unpaired) electrons. The van der Waals surface area contributed by atoms with E-state index in [4.69, 9.17) is 0 Å². The molecular weight excluding hydrogens is 355 g/mol. The number of hydrogen-bond acceptors (Lipinski definition) is 1. The van der Waals surface area contributed by atoms with Gasteiger partial charge in [-0.2, -0.15) is 0 Å². The van der Waals surface area contributed by atoms with E-state index in [1.807, 2.05) is 6.07 Å². The maximum atomic E-state index is 13.7. The van der Waals surface area contributed by atoms with Crippen molar-refractivity contribution < 1.29 is 3.74 Å². The molecule has 0 fully saturated rings. The standard InChI is InChI=1S/C22H39AsO/c1-3-5-7-9-11-16-20-23(24,22-18-14-13-15-19-22)21-17-12-10-8-6-4-2/h13-15,18-19H,3-12,16-17,20-21H2,1-2H3. The van der Waals surface area contributed by atoms with Crippen LogP contribution in [0.2, 0.25) is 10.4 Å². The third-order valence-electron chi connectivity index (χ3n) is 4.97. The van der Waals surface area contributed by atoms with Crippen LogP contribution in [0.25, 0.3) is 0 Å². The molecule has 0 amide bonds. The van der Waals surface area contributed by atoms with Crippen LogP contribution in [-0.4, -0.2) is 13.5 Å². The molecule has 0 spiro atoms. The van der Waals surface area contributed by atoms with Crippen molar-refractivity contribution in [2.75, 3.05) is 0 Å². The van der Waals surface area contributed by atoms with Crippen LogP contribution in [0.5, 0.6) is 0 Å². The average molecular weight is 394 g/mol. The summed E-state index contributed by atoms with van der Waals surface area (Å²) in [7, 11) is 0. The molecule has 0 aliphatic heterocycles. The van der Waals surface area contributed by atoms with Gasteiger partial charge in [0, 0.05) is 0 Å². The zero-order valence-corrected chi connectivity index (χ0v) is 18.0. The monoisotopic (exact) mass is 394 g/mol. The predicted molar refractivity (Wildman–Crippen MR) is 109 cm³/mol. The molecule has 138 valence electrons. The van der Waals surface area contributed by atoms with Gasteiger partial charge in [-0.05, 0) is 0 Å². The zero-order chi connectivity index (χ0) is 17.5. The number of hydrogen-bond donors (Lipinski definition) is 0. The zero-order valence-electron chi connectivity index (χ0n) is 16.1. The molecule has 0 aliphatic carbocycles. The van der Waals surface area contributed by atoms with Crippen LogP contribution in [-0.2, 0) is 3.74 Å². The molecule has 2 heteroatoms. The minimum absolute atomic E-state index is 0.976. The van der Waals surface area contributed by atoms with Crippen molar-refractivity contribution in [2.45, 2.75) is 101 Å². The van der Waals surface area contributed by atoms with E-state index in [1.54, 1.807) is 0 Å². The molecule has 0 aliphatic rings. The first kappa shape index (κ1) is 21.6. The fourth-order valence-corrected chi connectivity index (χ4v) is 9.50. The van der Waals surface area contributed by atoms with Crippen molar-refractivity contribution in [2.24, 2.45) is 0 Å². The summed E-state index contributed by atoms with van der Waals surface area (Å²) < 4.78 is 14.8. The second kappa shape index (κ2) is 13.8. The Balaban J connectivity index is 2.43. The van der Waals surface area contributed by atoms with Gasteiger partial charge in [-0.1, -0.05) is 0 Å². The van der Waals surface area contributed by atoms with Gasteiger partial charge in [0.05, 0.1) is 0 Å². The molecule has 0 aromatic heterocycles. The van der Waals surface area contributed by atoms with E-state index in [2.05, 4.69) is 38.1 Å². The molecule has 0 saturated heterocycles. The molecule has 0 bridgehead atoms. The summed E-state index contributed by atoms with van der Waals surface area (Å²) in [6.07, 6.45) is 15.4. The topological polar surface area (TPSA) is 17.1 Å². The van der Waals surface area contributed by atoms with Crippen molar-refractivity contribution in [3.63, 3.8) is 0 Å². The summed E-state index contributed by atoms with van der Waals surface area (Å²) in [5, 5.41) is 1.95. The van der Waals surface area contributed by atoms with Crippen LogP contribution in [0.1, 0.15) is 90.9 Å². The van der Waals surface area contributed by atoms with E-state index in [9.17, 15) is 3.74 Å². The van der Waals surface area contributed by atoms with E-state index in [0.717, 1.165) is 23.3 Å². The van der Waals surface area contributed by atoms with E-state index in [1.165, 1.54) is 68.6 Å². The average Bonchev–Trinajstić information content (AvgIpc) is 2.62. The molecule has 1 nitrogen and oxygen atoms in total. The second-order valence-electron chi connectivity index (χ2n) is 7.21. The second-order valence-corrected chi connectivity index (χ2v) is 13.9. The van der Waals surface area contributed by atoms with Gasteiger partial charge in [0.1, 0.15) is 0 Å². The summed E-state index contributed by atoms with van der Waals surface area (Å²) in [5.74, 6) is 0. The molecule has 1 aromatic rings. The van der Waals surface area contributed by atoms with Crippen LogP contribution in [0, 0.1) is 0 Å². The molecule has 24 heavy (non-hydrogen) atoms.